The molecule has 1 atom stereocenters. The molecule has 130 valence electrons. The minimum atomic E-state index is -3.44. The molecule has 0 radical (unpaired) electrons. The van der Waals surface area contributed by atoms with Gasteiger partial charge >= 0.3 is 0 Å². The third-order valence-corrected chi connectivity index (χ3v) is 6.20. The first kappa shape index (κ1) is 19.4. The lowest BCUT2D eigenvalue weighted by molar-refractivity contribution is -0.127. The molecule has 1 heterocycles. The second-order valence-corrected chi connectivity index (χ2v) is 9.15. The van der Waals surface area contributed by atoms with Crippen LogP contribution in [-0.2, 0) is 15.0 Å². The van der Waals surface area contributed by atoms with Crippen LogP contribution in [0.2, 0.25) is 0 Å². The Bertz CT molecular complexity index is 466. The predicted octanol–water partition coefficient (Wildman–Crippen LogP) is 1.30. The van der Waals surface area contributed by atoms with Gasteiger partial charge in [-0.3, -0.25) is 4.79 Å². The summed E-state index contributed by atoms with van der Waals surface area (Å²) in [6.45, 7) is 9.13. The summed E-state index contributed by atoms with van der Waals surface area (Å²) in [5.74, 6) is 0.429. The molecule has 22 heavy (non-hydrogen) atoms. The molecule has 0 aromatic rings. The maximum Gasteiger partial charge on any atom is 0.281 e. The van der Waals surface area contributed by atoms with Crippen LogP contribution in [-0.4, -0.2) is 56.2 Å². The first-order valence-corrected chi connectivity index (χ1v) is 9.45. The number of nitrogens with zero attached hydrogens (tertiary/aromatic N) is 2. The first-order chi connectivity index (χ1) is 10.1. The summed E-state index contributed by atoms with van der Waals surface area (Å²) in [7, 11) is -0.400. The van der Waals surface area contributed by atoms with Gasteiger partial charge in [-0.05, 0) is 24.7 Å². The summed E-state index contributed by atoms with van der Waals surface area (Å²) in [5, 5.41) is 3.11. The van der Waals surface area contributed by atoms with Gasteiger partial charge in [-0.2, -0.15) is 17.0 Å². The molecule has 1 rings (SSSR count). The Morgan fingerprint density at radius 2 is 1.73 bits per heavy atom. The standard InChI is InChI=1S/C15H31N3O3S/c1-11(2)14(12(3)4)16-15(19)13-8-7-9-18(10-13)22(20,21)17(5)6/h11-14H,7-10H2,1-6H3,(H,16,19)/t13-/m0/s1. The Morgan fingerprint density at radius 1 is 1.18 bits per heavy atom. The number of amides is 1. The van der Waals surface area contributed by atoms with E-state index in [1.165, 1.54) is 22.7 Å². The highest BCUT2D eigenvalue weighted by molar-refractivity contribution is 7.86. The van der Waals surface area contributed by atoms with Gasteiger partial charge in [0.25, 0.3) is 10.2 Å². The molecule has 0 aliphatic carbocycles. The second-order valence-electron chi connectivity index (χ2n) is 7.01. The maximum absolute atomic E-state index is 12.5. The van der Waals surface area contributed by atoms with Gasteiger partial charge in [0, 0.05) is 33.2 Å². The van der Waals surface area contributed by atoms with Crippen molar-refractivity contribution in [2.24, 2.45) is 17.8 Å². The van der Waals surface area contributed by atoms with E-state index in [2.05, 4.69) is 33.0 Å². The third kappa shape index (κ3) is 4.67. The number of piperidine rings is 1. The van der Waals surface area contributed by atoms with E-state index in [4.69, 9.17) is 0 Å². The Hall–Kier alpha value is -0.660. The van der Waals surface area contributed by atoms with E-state index in [9.17, 15) is 13.2 Å². The molecule has 6 nitrogen and oxygen atoms in total. The molecule has 0 unspecified atom stereocenters. The summed E-state index contributed by atoms with van der Waals surface area (Å²) in [6, 6.07) is 0.119. The predicted molar refractivity (Wildman–Crippen MR) is 88.5 cm³/mol. The van der Waals surface area contributed by atoms with Crippen molar-refractivity contribution in [3.05, 3.63) is 0 Å². The van der Waals surface area contributed by atoms with Crippen LogP contribution in [0.25, 0.3) is 0 Å². The summed E-state index contributed by atoms with van der Waals surface area (Å²) < 4.78 is 27.0. The minimum absolute atomic E-state index is 0.0222. The zero-order chi connectivity index (χ0) is 17.1. The zero-order valence-electron chi connectivity index (χ0n) is 14.7. The smallest absolute Gasteiger partial charge is 0.281 e. The molecule has 1 fully saturated rings. The van der Waals surface area contributed by atoms with Gasteiger partial charge < -0.3 is 5.32 Å². The normalized spacial score (nSPS) is 21.1. The van der Waals surface area contributed by atoms with Gasteiger partial charge in [0.1, 0.15) is 0 Å². The lowest BCUT2D eigenvalue weighted by atomic mass is 9.91. The van der Waals surface area contributed by atoms with Gasteiger partial charge in [-0.25, -0.2) is 0 Å². The number of carbonyl (C=O) groups is 1. The monoisotopic (exact) mass is 333 g/mol. The summed E-state index contributed by atoms with van der Waals surface area (Å²) in [6.07, 6.45) is 1.47. The molecule has 0 aromatic heterocycles. The molecule has 1 saturated heterocycles. The first-order valence-electron chi connectivity index (χ1n) is 8.05. The van der Waals surface area contributed by atoms with Gasteiger partial charge in [0.15, 0.2) is 0 Å². The number of rotatable bonds is 6. The van der Waals surface area contributed by atoms with Gasteiger partial charge in [0.05, 0.1) is 5.92 Å². The van der Waals surface area contributed by atoms with Crippen LogP contribution in [0.15, 0.2) is 0 Å². The summed E-state index contributed by atoms with van der Waals surface area (Å²) in [5.41, 5.74) is 0. The van der Waals surface area contributed by atoms with Crippen molar-refractivity contribution in [1.82, 2.24) is 13.9 Å². The Morgan fingerprint density at radius 3 is 2.18 bits per heavy atom. The zero-order valence-corrected chi connectivity index (χ0v) is 15.5. The van der Waals surface area contributed by atoms with E-state index in [1.807, 2.05) is 0 Å². The highest BCUT2D eigenvalue weighted by Crippen LogP contribution is 2.21. The molecule has 0 aromatic carbocycles. The van der Waals surface area contributed by atoms with E-state index in [0.717, 1.165) is 12.8 Å². The molecular weight excluding hydrogens is 302 g/mol. The minimum Gasteiger partial charge on any atom is -0.353 e. The van der Waals surface area contributed by atoms with E-state index in [1.54, 1.807) is 0 Å². The fraction of sp³-hybridized carbons (Fsp3) is 0.933. The molecule has 7 heteroatoms. The van der Waals surface area contributed by atoms with Gasteiger partial charge in [0.2, 0.25) is 5.91 Å². The van der Waals surface area contributed by atoms with E-state index in [0.29, 0.717) is 18.4 Å². The molecular formula is C15H31N3O3S. The van der Waals surface area contributed by atoms with Crippen molar-refractivity contribution in [2.45, 2.75) is 46.6 Å². The fourth-order valence-electron chi connectivity index (χ4n) is 2.98. The van der Waals surface area contributed by atoms with Crippen molar-refractivity contribution in [3.8, 4) is 0 Å². The summed E-state index contributed by atoms with van der Waals surface area (Å²) >= 11 is 0. The van der Waals surface area contributed by atoms with Crippen LogP contribution >= 0.6 is 0 Å². The summed E-state index contributed by atoms with van der Waals surface area (Å²) in [4.78, 5) is 12.5. The molecule has 1 aliphatic rings. The number of carbonyl (C=O) groups excluding carboxylic acids is 1. The molecule has 0 bridgehead atoms. The molecule has 1 aliphatic heterocycles. The van der Waals surface area contributed by atoms with Crippen LogP contribution < -0.4 is 5.32 Å². The average Bonchev–Trinajstić information content (AvgIpc) is 2.43. The third-order valence-electron chi connectivity index (χ3n) is 4.29. The molecule has 1 N–H and O–H groups in total. The van der Waals surface area contributed by atoms with E-state index < -0.39 is 10.2 Å². The molecule has 0 spiro atoms. The average molecular weight is 333 g/mol. The van der Waals surface area contributed by atoms with Crippen molar-refractivity contribution < 1.29 is 13.2 Å². The maximum atomic E-state index is 12.5. The molecule has 0 saturated carbocycles. The second kappa shape index (κ2) is 7.75. The number of hydrogen-bond acceptors (Lipinski definition) is 3. The lowest BCUT2D eigenvalue weighted by Gasteiger charge is -2.34. The highest BCUT2D eigenvalue weighted by Gasteiger charge is 2.34. The van der Waals surface area contributed by atoms with Gasteiger partial charge in [-0.1, -0.05) is 27.7 Å². The number of nitrogens with one attached hydrogen (secondary N) is 1. The van der Waals surface area contributed by atoms with Crippen molar-refractivity contribution in [3.63, 3.8) is 0 Å². The highest BCUT2D eigenvalue weighted by atomic mass is 32.2. The Labute approximate surface area is 135 Å². The SMILES string of the molecule is CC(C)C(NC(=O)[C@H]1CCCN(S(=O)(=O)N(C)C)C1)C(C)C. The van der Waals surface area contributed by atoms with Crippen molar-refractivity contribution in [2.75, 3.05) is 27.2 Å². The number of hydrogen-bond donors (Lipinski definition) is 1. The van der Waals surface area contributed by atoms with Crippen LogP contribution in [0.3, 0.4) is 0 Å². The van der Waals surface area contributed by atoms with E-state index in [-0.39, 0.29) is 24.4 Å². The Kier molecular flexibility index (Phi) is 6.83. The van der Waals surface area contributed by atoms with Crippen molar-refractivity contribution >= 4 is 16.1 Å². The van der Waals surface area contributed by atoms with Crippen LogP contribution in [0.5, 0.6) is 0 Å². The quantitative estimate of drug-likeness (QED) is 0.796. The van der Waals surface area contributed by atoms with Gasteiger partial charge in [-0.15, -0.1) is 0 Å². The van der Waals surface area contributed by atoms with Crippen LogP contribution in [0, 0.1) is 17.8 Å². The molecule has 1 amide bonds. The van der Waals surface area contributed by atoms with Crippen LogP contribution in [0.4, 0.5) is 0 Å². The topological polar surface area (TPSA) is 69.7 Å². The fourth-order valence-corrected chi connectivity index (χ4v) is 4.17. The van der Waals surface area contributed by atoms with Crippen molar-refractivity contribution in [1.29, 1.82) is 0 Å². The largest absolute Gasteiger partial charge is 0.353 e. The lowest BCUT2D eigenvalue weighted by Crippen LogP contribution is -2.51. The van der Waals surface area contributed by atoms with E-state index >= 15 is 0 Å². The van der Waals surface area contributed by atoms with Crippen LogP contribution in [0.1, 0.15) is 40.5 Å². The Balaban J connectivity index is 2.75.